The van der Waals surface area contributed by atoms with Crippen LogP contribution >= 0.6 is 0 Å². The van der Waals surface area contributed by atoms with Crippen molar-refractivity contribution in [1.29, 1.82) is 0 Å². The first kappa shape index (κ1) is 21.7. The van der Waals surface area contributed by atoms with Gasteiger partial charge in [-0.3, -0.25) is 3.97 Å². The highest BCUT2D eigenvalue weighted by Gasteiger charge is 2.19. The first-order valence-electron chi connectivity index (χ1n) is 10.4. The summed E-state index contributed by atoms with van der Waals surface area (Å²) in [6.07, 6.45) is 4.63. The van der Waals surface area contributed by atoms with Gasteiger partial charge >= 0.3 is 0 Å². The number of halogens is 1. The van der Waals surface area contributed by atoms with E-state index in [1.54, 1.807) is 46.4 Å². The van der Waals surface area contributed by atoms with Crippen molar-refractivity contribution in [2.24, 2.45) is 0 Å². The number of aromatic nitrogens is 1. The Balaban J connectivity index is 1.61. The lowest BCUT2D eigenvalue weighted by molar-refractivity contribution is -0.105. The van der Waals surface area contributed by atoms with E-state index in [1.165, 1.54) is 6.07 Å². The number of benzene rings is 2. The monoisotopic (exact) mass is 442 g/mol. The van der Waals surface area contributed by atoms with E-state index >= 15 is 0 Å². The molecule has 1 aliphatic rings. The minimum absolute atomic E-state index is 0.226. The van der Waals surface area contributed by atoms with E-state index in [4.69, 9.17) is 9.47 Å². The molecule has 7 heteroatoms. The van der Waals surface area contributed by atoms with Gasteiger partial charge in [0.05, 0.1) is 17.2 Å². The third-order valence-electron chi connectivity index (χ3n) is 5.10. The zero-order valence-corrected chi connectivity index (χ0v) is 18.6. The van der Waals surface area contributed by atoms with Gasteiger partial charge in [-0.05, 0) is 75.0 Å². The molecule has 2 heterocycles. The molecule has 0 bridgehead atoms. The van der Waals surface area contributed by atoms with Crippen molar-refractivity contribution in [3.63, 3.8) is 0 Å². The third kappa shape index (κ3) is 5.23. The summed E-state index contributed by atoms with van der Waals surface area (Å²) in [5.74, 6) is 0.342. The molecule has 0 amide bonds. The summed E-state index contributed by atoms with van der Waals surface area (Å²) in [5.41, 5.74) is 1.98. The van der Waals surface area contributed by atoms with Gasteiger partial charge in [0.2, 0.25) is 0 Å². The zero-order valence-electron chi connectivity index (χ0n) is 17.8. The lowest BCUT2D eigenvalue weighted by atomic mass is 10.1. The Kier molecular flexibility index (Phi) is 6.85. The molecule has 164 valence electrons. The largest absolute Gasteiger partial charge is 0.465 e. The predicted octanol–water partition coefficient (Wildman–Crippen LogP) is 4.83. The Morgan fingerprint density at radius 2 is 1.94 bits per heavy atom. The van der Waals surface area contributed by atoms with Gasteiger partial charge in [0.15, 0.2) is 17.3 Å². The van der Waals surface area contributed by atoms with Crippen LogP contribution in [0, 0.1) is 5.82 Å². The van der Waals surface area contributed by atoms with Gasteiger partial charge in [0, 0.05) is 24.7 Å². The number of ether oxygens (including phenoxy) is 2. The fourth-order valence-electron chi connectivity index (χ4n) is 3.65. The highest BCUT2D eigenvalue weighted by molar-refractivity contribution is 7.83. The number of hydrogen-bond donors (Lipinski definition) is 0. The Hall–Kier alpha value is -2.48. The minimum Gasteiger partial charge on any atom is -0.465 e. The van der Waals surface area contributed by atoms with E-state index in [9.17, 15) is 8.60 Å². The van der Waals surface area contributed by atoms with Crippen LogP contribution in [0.15, 0.2) is 65.7 Å². The van der Waals surface area contributed by atoms with Crippen LogP contribution in [0.25, 0.3) is 11.3 Å². The van der Waals surface area contributed by atoms with E-state index < -0.39 is 11.0 Å². The van der Waals surface area contributed by atoms with Crippen molar-refractivity contribution >= 4 is 11.0 Å². The molecule has 2 aromatic carbocycles. The topological polar surface area (TPSA) is 43.7 Å². The maximum absolute atomic E-state index is 14.5. The second-order valence-corrected chi connectivity index (χ2v) is 9.27. The summed E-state index contributed by atoms with van der Waals surface area (Å²) in [4.78, 5) is 2.63. The van der Waals surface area contributed by atoms with E-state index in [0.29, 0.717) is 35.1 Å². The van der Waals surface area contributed by atoms with Crippen LogP contribution < -0.4 is 4.74 Å². The van der Waals surface area contributed by atoms with E-state index in [-0.39, 0.29) is 12.1 Å². The molecule has 5 nitrogen and oxygen atoms in total. The zero-order chi connectivity index (χ0) is 21.8. The van der Waals surface area contributed by atoms with Crippen LogP contribution in [0.5, 0.6) is 5.75 Å². The lowest BCUT2D eigenvalue weighted by Gasteiger charge is -2.23. The minimum atomic E-state index is -1.53. The molecular formula is C24H27FN2O3S. The summed E-state index contributed by atoms with van der Waals surface area (Å²) in [6.45, 7) is 1.38. The van der Waals surface area contributed by atoms with E-state index in [1.807, 2.05) is 31.3 Å². The van der Waals surface area contributed by atoms with Crippen molar-refractivity contribution in [2.45, 2.75) is 37.0 Å². The Bertz CT molecular complexity index is 1040. The Morgan fingerprint density at radius 1 is 1.16 bits per heavy atom. The highest BCUT2D eigenvalue weighted by Crippen LogP contribution is 2.29. The highest BCUT2D eigenvalue weighted by atomic mass is 32.2. The van der Waals surface area contributed by atoms with Gasteiger partial charge in [-0.15, -0.1) is 0 Å². The average molecular weight is 443 g/mol. The first-order chi connectivity index (χ1) is 15.0. The molecule has 31 heavy (non-hydrogen) atoms. The molecule has 0 spiro atoms. The number of rotatable bonds is 7. The van der Waals surface area contributed by atoms with Crippen molar-refractivity contribution in [3.05, 3.63) is 72.2 Å². The van der Waals surface area contributed by atoms with Crippen molar-refractivity contribution < 1.29 is 18.1 Å². The molecule has 2 atom stereocenters. The second-order valence-electron chi connectivity index (χ2n) is 7.91. The molecule has 1 aromatic heterocycles. The Labute approximate surface area is 185 Å². The smallest absolute Gasteiger partial charge is 0.199 e. The fraction of sp³-hybridized carbons (Fsp3) is 0.333. The molecule has 2 unspecified atom stereocenters. The van der Waals surface area contributed by atoms with Crippen LogP contribution in [0.1, 0.15) is 24.8 Å². The summed E-state index contributed by atoms with van der Waals surface area (Å²) in [5, 5.41) is 0. The van der Waals surface area contributed by atoms with E-state index in [2.05, 4.69) is 0 Å². The normalized spacial score (nSPS) is 17.6. The first-order valence-corrected chi connectivity index (χ1v) is 11.5. The number of hydrogen-bond acceptors (Lipinski definition) is 4. The molecule has 1 aliphatic heterocycles. The maximum Gasteiger partial charge on any atom is 0.199 e. The summed E-state index contributed by atoms with van der Waals surface area (Å²) >= 11 is 0. The quantitative estimate of drug-likeness (QED) is 0.526. The van der Waals surface area contributed by atoms with Crippen molar-refractivity contribution in [3.8, 4) is 17.0 Å². The average Bonchev–Trinajstić information content (AvgIpc) is 3.17. The van der Waals surface area contributed by atoms with Gasteiger partial charge in [0.25, 0.3) is 0 Å². The molecule has 0 radical (unpaired) electrons. The summed E-state index contributed by atoms with van der Waals surface area (Å²) < 4.78 is 41.1. The molecule has 0 N–H and O–H groups in total. The van der Waals surface area contributed by atoms with Crippen LogP contribution in [0.3, 0.4) is 0 Å². The lowest BCUT2D eigenvalue weighted by Crippen LogP contribution is -2.24. The summed E-state index contributed by atoms with van der Waals surface area (Å²) in [6, 6.07) is 15.6. The fourth-order valence-corrected chi connectivity index (χ4v) is 4.81. The molecule has 1 fully saturated rings. The van der Waals surface area contributed by atoms with Gasteiger partial charge in [0.1, 0.15) is 11.6 Å². The van der Waals surface area contributed by atoms with Crippen LogP contribution in [-0.4, -0.2) is 40.1 Å². The predicted molar refractivity (Wildman–Crippen MR) is 120 cm³/mol. The third-order valence-corrected chi connectivity index (χ3v) is 6.44. The Morgan fingerprint density at radius 3 is 2.61 bits per heavy atom. The second kappa shape index (κ2) is 9.77. The van der Waals surface area contributed by atoms with Crippen LogP contribution in [0.4, 0.5) is 4.39 Å². The standard InChI is InChI=1S/C24H27FN2O3S/c1-26(2)16-18-15-23(21-7-3-4-8-22(21)25)27(17-18)31(28)20-12-10-19(11-13-20)30-24-9-5-6-14-29-24/h3-4,7-8,10-13,15,17,24H,5-6,9,14,16H2,1-2H3. The molecule has 1 saturated heterocycles. The van der Waals surface area contributed by atoms with E-state index in [0.717, 1.165) is 24.8 Å². The van der Waals surface area contributed by atoms with Gasteiger partial charge in [-0.25, -0.2) is 8.60 Å². The summed E-state index contributed by atoms with van der Waals surface area (Å²) in [7, 11) is 2.40. The van der Waals surface area contributed by atoms with Gasteiger partial charge in [-0.1, -0.05) is 12.1 Å². The van der Waals surface area contributed by atoms with Gasteiger partial charge < -0.3 is 14.4 Å². The molecule has 0 saturated carbocycles. The molecule has 0 aliphatic carbocycles. The molecule has 3 aromatic rings. The van der Waals surface area contributed by atoms with Crippen molar-refractivity contribution in [2.75, 3.05) is 20.7 Å². The SMILES string of the molecule is CN(C)Cc1cc(-c2ccccc2F)n(S(=O)c2ccc(OC3CCCCO3)cc2)c1. The van der Waals surface area contributed by atoms with Crippen LogP contribution in [-0.2, 0) is 22.3 Å². The van der Waals surface area contributed by atoms with Crippen molar-refractivity contribution in [1.82, 2.24) is 8.87 Å². The molecule has 4 rings (SSSR count). The molecular weight excluding hydrogens is 415 g/mol. The van der Waals surface area contributed by atoms with Gasteiger partial charge in [-0.2, -0.15) is 0 Å². The number of nitrogens with zero attached hydrogens (tertiary/aromatic N) is 2. The maximum atomic E-state index is 14.5. The van der Waals surface area contributed by atoms with Crippen LogP contribution in [0.2, 0.25) is 0 Å².